The Morgan fingerprint density at radius 3 is 2.20 bits per heavy atom. The molecule has 0 fully saturated rings. The SMILES string of the molecule is [2H]C([2H])([2H])c1ccc2c(n1)oc1c(-c3cc(-c4c(C)cc(-c5ccc(-c6ccc(C)cc6C([2H])([2H])[2H])cc5C)cc4C([2H])([2H])[2H])c(C([2H])([2H])[2H])cn3)cccc12. The van der Waals surface area contributed by atoms with Crippen molar-refractivity contribution in [2.24, 2.45) is 0 Å². The minimum absolute atomic E-state index is 0.0508. The summed E-state index contributed by atoms with van der Waals surface area (Å²) in [6.45, 7) is -4.63. The zero-order valence-electron chi connectivity index (χ0n) is 36.5. The van der Waals surface area contributed by atoms with Gasteiger partial charge in [-0.3, -0.25) is 4.98 Å². The summed E-state index contributed by atoms with van der Waals surface area (Å²) in [6.07, 6.45) is 1.24. The topological polar surface area (TPSA) is 38.9 Å². The van der Waals surface area contributed by atoms with Crippen LogP contribution in [0.1, 0.15) is 55.5 Å². The maximum Gasteiger partial charge on any atom is 0.227 e. The molecule has 4 aromatic carbocycles. The van der Waals surface area contributed by atoms with Crippen molar-refractivity contribution in [2.45, 2.75) is 48.2 Å². The second-order valence-corrected chi connectivity index (χ2v) is 11.2. The summed E-state index contributed by atoms with van der Waals surface area (Å²) in [6, 6.07) is 24.2. The van der Waals surface area contributed by atoms with Gasteiger partial charge in [-0.25, -0.2) is 4.98 Å². The van der Waals surface area contributed by atoms with Gasteiger partial charge in [0.05, 0.1) is 5.69 Å². The molecule has 3 nitrogen and oxygen atoms in total. The first-order valence-corrected chi connectivity index (χ1v) is 14.2. The Hall–Kier alpha value is -5.02. The molecule has 0 unspecified atom stereocenters. The van der Waals surface area contributed by atoms with Crippen LogP contribution in [-0.4, -0.2) is 9.97 Å². The van der Waals surface area contributed by atoms with E-state index in [1.807, 2.05) is 44.2 Å². The summed E-state index contributed by atoms with van der Waals surface area (Å²) in [5, 5.41) is 1.23. The van der Waals surface area contributed by atoms with Gasteiger partial charge >= 0.3 is 0 Å². The molecule has 7 aromatic rings. The summed E-state index contributed by atoms with van der Waals surface area (Å²) in [5.74, 6) is 0. The average molecular weight is 585 g/mol. The molecule has 44 heavy (non-hydrogen) atoms. The Kier molecular flexibility index (Phi) is 4.17. The molecule has 0 spiro atoms. The molecule has 0 N–H and O–H groups in total. The number of rotatable bonds is 4. The molecule has 0 bridgehead atoms. The number of aromatic nitrogens is 2. The lowest BCUT2D eigenvalue weighted by molar-refractivity contribution is 0.653. The van der Waals surface area contributed by atoms with E-state index in [1.165, 1.54) is 12.3 Å². The number of hydrogen-bond acceptors (Lipinski definition) is 3. The Balaban J connectivity index is 1.40. The van der Waals surface area contributed by atoms with Gasteiger partial charge in [-0.2, -0.15) is 0 Å². The maximum absolute atomic E-state index is 8.66. The Labute approximate surface area is 276 Å². The van der Waals surface area contributed by atoms with Crippen LogP contribution < -0.4 is 0 Å². The molecule has 0 atom stereocenters. The molecular weight excluding hydrogens is 536 g/mol. The molecule has 3 heteroatoms. The number of para-hydroxylation sites is 1. The first kappa shape index (κ1) is 17.3. The fourth-order valence-corrected chi connectivity index (χ4v) is 6.06. The van der Waals surface area contributed by atoms with E-state index in [-0.39, 0.29) is 39.2 Å². The van der Waals surface area contributed by atoms with Crippen LogP contribution in [0.2, 0.25) is 0 Å². The largest absolute Gasteiger partial charge is 0.437 e. The number of pyridine rings is 2. The highest BCUT2D eigenvalue weighted by molar-refractivity contribution is 6.08. The van der Waals surface area contributed by atoms with Gasteiger partial charge in [0.1, 0.15) is 5.58 Å². The van der Waals surface area contributed by atoms with E-state index in [9.17, 15) is 0 Å². The average Bonchev–Trinajstić information content (AvgIpc) is 3.48. The molecule has 0 radical (unpaired) electrons. The molecular formula is C41H36N2O. The van der Waals surface area contributed by atoms with Crippen LogP contribution in [0.15, 0.2) is 95.5 Å². The highest BCUT2D eigenvalue weighted by Gasteiger charge is 2.18. The van der Waals surface area contributed by atoms with E-state index in [1.54, 1.807) is 55.5 Å². The molecule has 216 valence electrons. The van der Waals surface area contributed by atoms with E-state index in [2.05, 4.69) is 9.97 Å². The Morgan fingerprint density at radius 2 is 1.39 bits per heavy atom. The van der Waals surface area contributed by atoms with Crippen molar-refractivity contribution in [3.8, 4) is 44.6 Å². The van der Waals surface area contributed by atoms with Crippen LogP contribution in [0.25, 0.3) is 66.7 Å². The van der Waals surface area contributed by atoms with Gasteiger partial charge in [0, 0.05) is 44.7 Å². The van der Waals surface area contributed by atoms with Gasteiger partial charge in [-0.1, -0.05) is 66.2 Å². The highest BCUT2D eigenvalue weighted by Crippen LogP contribution is 2.39. The quantitative estimate of drug-likeness (QED) is 0.207. The number of hydrogen-bond donors (Lipinski definition) is 0. The number of benzene rings is 4. The van der Waals surface area contributed by atoms with Gasteiger partial charge in [0.15, 0.2) is 0 Å². The lowest BCUT2D eigenvalue weighted by atomic mass is 9.87. The van der Waals surface area contributed by atoms with Crippen LogP contribution in [0.3, 0.4) is 0 Å². The van der Waals surface area contributed by atoms with Crippen LogP contribution in [0, 0.1) is 48.2 Å². The number of aryl methyl sites for hydroxylation is 7. The normalized spacial score (nSPS) is 16.7. The lowest BCUT2D eigenvalue weighted by Crippen LogP contribution is -1.96. The number of nitrogens with zero attached hydrogens (tertiary/aromatic N) is 2. The molecule has 3 heterocycles. The monoisotopic (exact) mass is 584 g/mol. The Bertz CT molecular complexity index is 2680. The van der Waals surface area contributed by atoms with Crippen molar-refractivity contribution < 1.29 is 20.9 Å². The number of furan rings is 1. The summed E-state index contributed by atoms with van der Waals surface area (Å²) >= 11 is 0. The summed E-state index contributed by atoms with van der Waals surface area (Å²) in [5.41, 5.74) is 6.38. The third-order valence-electron chi connectivity index (χ3n) is 8.17. The predicted octanol–water partition coefficient (Wildman–Crippen LogP) is 11.2. The molecule has 3 aromatic heterocycles. The molecule has 0 aliphatic heterocycles. The third-order valence-corrected chi connectivity index (χ3v) is 8.17. The van der Waals surface area contributed by atoms with E-state index in [0.717, 1.165) is 16.7 Å². The van der Waals surface area contributed by atoms with Crippen molar-refractivity contribution >= 4 is 22.1 Å². The van der Waals surface area contributed by atoms with Gasteiger partial charge in [0.2, 0.25) is 5.71 Å². The molecule has 0 aliphatic carbocycles. The smallest absolute Gasteiger partial charge is 0.227 e. The van der Waals surface area contributed by atoms with Gasteiger partial charge in [-0.15, -0.1) is 0 Å². The van der Waals surface area contributed by atoms with Crippen molar-refractivity contribution in [3.05, 3.63) is 130 Å². The minimum Gasteiger partial charge on any atom is -0.437 e. The minimum atomic E-state index is -2.67. The Morgan fingerprint density at radius 1 is 0.591 bits per heavy atom. The second-order valence-electron chi connectivity index (χ2n) is 11.2. The number of fused-ring (bicyclic) bond motifs is 3. The third kappa shape index (κ3) is 4.69. The van der Waals surface area contributed by atoms with Crippen LogP contribution >= 0.6 is 0 Å². The zero-order chi connectivity index (χ0) is 40.7. The standard InChI is InChI=1S/C41H36N2O/c1-23-11-14-32(24(2)17-23)30-13-16-33(25(3)18-30)31-19-26(4)39(27(5)20-31)37-21-38(42-22-28(37)6)36-10-8-9-34-35-15-12-29(7)43-41(35)44-40(34)36/h8-22H,1-7H3/i2D3,4D3,6D3,7D3. The van der Waals surface area contributed by atoms with Gasteiger partial charge in [0.25, 0.3) is 0 Å². The molecule has 0 saturated carbocycles. The van der Waals surface area contributed by atoms with E-state index < -0.39 is 27.4 Å². The van der Waals surface area contributed by atoms with Crippen molar-refractivity contribution in [1.82, 2.24) is 9.97 Å². The summed E-state index contributed by atoms with van der Waals surface area (Å²) < 4.78 is 105. The van der Waals surface area contributed by atoms with Crippen molar-refractivity contribution in [3.63, 3.8) is 0 Å². The fourth-order valence-electron chi connectivity index (χ4n) is 6.06. The van der Waals surface area contributed by atoms with Gasteiger partial charge in [-0.05, 0) is 134 Å². The van der Waals surface area contributed by atoms with Crippen molar-refractivity contribution in [1.29, 1.82) is 0 Å². The van der Waals surface area contributed by atoms with E-state index in [0.29, 0.717) is 49.9 Å². The summed E-state index contributed by atoms with van der Waals surface area (Å²) in [4.78, 5) is 8.78. The molecule has 0 aliphatic rings. The predicted molar refractivity (Wildman–Crippen MR) is 184 cm³/mol. The van der Waals surface area contributed by atoms with Gasteiger partial charge < -0.3 is 4.42 Å². The highest BCUT2D eigenvalue weighted by atomic mass is 16.3. The first-order valence-electron chi connectivity index (χ1n) is 20.2. The fraction of sp³-hybridized carbons (Fsp3) is 0.171. The van der Waals surface area contributed by atoms with Crippen LogP contribution in [0.4, 0.5) is 0 Å². The van der Waals surface area contributed by atoms with E-state index in [4.69, 9.17) is 20.9 Å². The molecule has 7 rings (SSSR count). The summed E-state index contributed by atoms with van der Waals surface area (Å²) in [7, 11) is 0. The molecule has 0 amide bonds. The van der Waals surface area contributed by atoms with E-state index >= 15 is 0 Å². The second kappa shape index (κ2) is 10.6. The van der Waals surface area contributed by atoms with Crippen molar-refractivity contribution in [2.75, 3.05) is 0 Å². The first-order chi connectivity index (χ1) is 26.0. The maximum atomic E-state index is 8.66. The molecule has 0 saturated heterocycles. The van der Waals surface area contributed by atoms with Crippen LogP contribution in [-0.2, 0) is 0 Å². The zero-order valence-corrected chi connectivity index (χ0v) is 24.5. The lowest BCUT2D eigenvalue weighted by Gasteiger charge is -2.17. The van der Waals surface area contributed by atoms with Crippen LogP contribution in [0.5, 0.6) is 0 Å².